The van der Waals surface area contributed by atoms with Crippen molar-refractivity contribution in [2.45, 2.75) is 19.3 Å². The van der Waals surface area contributed by atoms with Crippen LogP contribution >= 0.6 is 11.3 Å². The molecule has 0 aliphatic heterocycles. The molecule has 5 nitrogen and oxygen atoms in total. The van der Waals surface area contributed by atoms with Gasteiger partial charge in [-0.1, -0.05) is 0 Å². The number of thiazole rings is 1. The highest BCUT2D eigenvalue weighted by Gasteiger charge is 1.96. The fourth-order valence-electron chi connectivity index (χ4n) is 1.44. The maximum Gasteiger partial charge on any atom is 0.252 e. The molecule has 17 heavy (non-hydrogen) atoms. The number of nitrogens with zero attached hydrogens (tertiary/aromatic N) is 2. The van der Waals surface area contributed by atoms with E-state index in [1.54, 1.807) is 11.3 Å². The van der Waals surface area contributed by atoms with E-state index >= 15 is 0 Å². The molecule has 2 N–H and O–H groups in total. The molecule has 0 amide bonds. The highest BCUT2D eigenvalue weighted by Crippen LogP contribution is 2.08. The van der Waals surface area contributed by atoms with E-state index in [0.717, 1.165) is 25.8 Å². The van der Waals surface area contributed by atoms with Crippen LogP contribution in [-0.4, -0.2) is 21.5 Å². The van der Waals surface area contributed by atoms with E-state index in [2.05, 4.69) is 20.3 Å². The molecule has 0 aliphatic rings. The largest absolute Gasteiger partial charge is 0.356 e. The normalized spacial score (nSPS) is 10.4. The first-order chi connectivity index (χ1) is 8.34. The Bertz CT molecular complexity index is 494. The van der Waals surface area contributed by atoms with Crippen LogP contribution in [0.5, 0.6) is 0 Å². The number of unbranched alkanes of at least 4 members (excludes halogenated alkanes) is 1. The Balaban J connectivity index is 1.65. The summed E-state index contributed by atoms with van der Waals surface area (Å²) in [7, 11) is 0. The number of rotatable bonds is 6. The van der Waals surface area contributed by atoms with Gasteiger partial charge in [-0.05, 0) is 19.3 Å². The van der Waals surface area contributed by atoms with Gasteiger partial charge in [0.25, 0.3) is 5.56 Å². The summed E-state index contributed by atoms with van der Waals surface area (Å²) in [5, 5.41) is 6.25. The van der Waals surface area contributed by atoms with E-state index in [0.29, 0.717) is 5.95 Å². The molecule has 0 unspecified atom stereocenters. The molecule has 0 saturated heterocycles. The van der Waals surface area contributed by atoms with Crippen molar-refractivity contribution in [2.75, 3.05) is 11.9 Å². The van der Waals surface area contributed by atoms with E-state index in [4.69, 9.17) is 0 Å². The van der Waals surface area contributed by atoms with Gasteiger partial charge < -0.3 is 5.32 Å². The molecule has 0 aliphatic carbocycles. The number of anilines is 1. The second-order valence-electron chi connectivity index (χ2n) is 3.59. The van der Waals surface area contributed by atoms with Crippen LogP contribution in [0.3, 0.4) is 0 Å². The number of H-pyrrole nitrogens is 1. The van der Waals surface area contributed by atoms with E-state index in [1.165, 1.54) is 17.3 Å². The third-order valence-electron chi connectivity index (χ3n) is 2.26. The molecular formula is C11H14N4OS. The molecule has 0 saturated carbocycles. The van der Waals surface area contributed by atoms with Crippen molar-refractivity contribution >= 4 is 17.3 Å². The van der Waals surface area contributed by atoms with Crippen LogP contribution in [0, 0.1) is 0 Å². The summed E-state index contributed by atoms with van der Waals surface area (Å²) >= 11 is 1.69. The molecule has 0 fully saturated rings. The minimum atomic E-state index is -0.134. The Morgan fingerprint density at radius 3 is 3.00 bits per heavy atom. The van der Waals surface area contributed by atoms with Crippen LogP contribution in [-0.2, 0) is 6.42 Å². The van der Waals surface area contributed by atoms with Crippen molar-refractivity contribution in [2.24, 2.45) is 0 Å². The zero-order valence-electron chi connectivity index (χ0n) is 9.35. The van der Waals surface area contributed by atoms with Crippen LogP contribution < -0.4 is 10.9 Å². The van der Waals surface area contributed by atoms with Gasteiger partial charge in [-0.3, -0.25) is 9.78 Å². The number of aryl methyl sites for hydroxylation is 1. The number of aromatic nitrogens is 3. The van der Waals surface area contributed by atoms with Gasteiger partial charge in [-0.15, -0.1) is 11.3 Å². The fourth-order valence-corrected chi connectivity index (χ4v) is 2.11. The minimum absolute atomic E-state index is 0.134. The van der Waals surface area contributed by atoms with Gasteiger partial charge in [0.2, 0.25) is 5.95 Å². The second kappa shape index (κ2) is 6.15. The van der Waals surface area contributed by atoms with Gasteiger partial charge in [0.1, 0.15) is 0 Å². The third-order valence-corrected chi connectivity index (χ3v) is 3.10. The maximum atomic E-state index is 11.0. The zero-order chi connectivity index (χ0) is 11.9. The lowest BCUT2D eigenvalue weighted by Crippen LogP contribution is -2.11. The maximum absolute atomic E-state index is 11.0. The number of aromatic amines is 1. The molecule has 0 bridgehead atoms. The van der Waals surface area contributed by atoms with Gasteiger partial charge in [-0.25, -0.2) is 9.97 Å². The van der Waals surface area contributed by atoms with Gasteiger partial charge in [0.15, 0.2) is 0 Å². The van der Waals surface area contributed by atoms with E-state index in [-0.39, 0.29) is 5.56 Å². The molecule has 0 radical (unpaired) electrons. The van der Waals surface area contributed by atoms with E-state index in [9.17, 15) is 4.79 Å². The summed E-state index contributed by atoms with van der Waals surface area (Å²) in [6.07, 6.45) is 6.45. The Morgan fingerprint density at radius 1 is 1.29 bits per heavy atom. The summed E-state index contributed by atoms with van der Waals surface area (Å²) in [6, 6.07) is 1.40. The van der Waals surface area contributed by atoms with Crippen LogP contribution in [0.4, 0.5) is 5.95 Å². The SMILES string of the molecule is O=c1ccnc(NCCCCc2nccs2)[nH]1. The second-order valence-corrected chi connectivity index (χ2v) is 4.57. The Morgan fingerprint density at radius 2 is 2.24 bits per heavy atom. The summed E-state index contributed by atoms with van der Waals surface area (Å²) < 4.78 is 0. The summed E-state index contributed by atoms with van der Waals surface area (Å²) in [5.74, 6) is 0.534. The summed E-state index contributed by atoms with van der Waals surface area (Å²) in [6.45, 7) is 0.804. The van der Waals surface area contributed by atoms with Crippen LogP contribution in [0.1, 0.15) is 17.8 Å². The molecule has 0 spiro atoms. The standard InChI is InChI=1S/C11H14N4OS/c16-9-4-6-14-11(15-9)13-5-2-1-3-10-12-7-8-17-10/h4,6-8H,1-3,5H2,(H2,13,14,15,16). The average molecular weight is 250 g/mol. The Labute approximate surface area is 103 Å². The Hall–Kier alpha value is -1.69. The molecule has 2 aromatic rings. The average Bonchev–Trinajstić information content (AvgIpc) is 2.82. The highest BCUT2D eigenvalue weighted by atomic mass is 32.1. The molecule has 0 aromatic carbocycles. The van der Waals surface area contributed by atoms with Crippen molar-refractivity contribution < 1.29 is 0 Å². The lowest BCUT2D eigenvalue weighted by atomic mass is 10.2. The number of nitrogens with one attached hydrogen (secondary N) is 2. The first-order valence-corrected chi connectivity index (χ1v) is 6.40. The lowest BCUT2D eigenvalue weighted by molar-refractivity contribution is 0.755. The molecule has 2 heterocycles. The fraction of sp³-hybridized carbons (Fsp3) is 0.364. The predicted octanol–water partition coefficient (Wildman–Crippen LogP) is 1.66. The summed E-state index contributed by atoms with van der Waals surface area (Å²) in [4.78, 5) is 21.8. The van der Waals surface area contributed by atoms with Gasteiger partial charge >= 0.3 is 0 Å². The van der Waals surface area contributed by atoms with Crippen molar-refractivity contribution in [1.29, 1.82) is 0 Å². The predicted molar refractivity (Wildman–Crippen MR) is 68.4 cm³/mol. The Kier molecular flexibility index (Phi) is 4.26. The summed E-state index contributed by atoms with van der Waals surface area (Å²) in [5.41, 5.74) is -0.134. The molecular weight excluding hydrogens is 236 g/mol. The molecule has 6 heteroatoms. The van der Waals surface area contributed by atoms with Crippen molar-refractivity contribution in [3.63, 3.8) is 0 Å². The van der Waals surface area contributed by atoms with Crippen LogP contribution in [0.15, 0.2) is 28.6 Å². The first-order valence-electron chi connectivity index (χ1n) is 5.52. The lowest BCUT2D eigenvalue weighted by Gasteiger charge is -2.03. The minimum Gasteiger partial charge on any atom is -0.356 e. The third kappa shape index (κ3) is 3.99. The van der Waals surface area contributed by atoms with Crippen LogP contribution in [0.2, 0.25) is 0 Å². The van der Waals surface area contributed by atoms with Crippen LogP contribution in [0.25, 0.3) is 0 Å². The van der Waals surface area contributed by atoms with Crippen molar-refractivity contribution in [1.82, 2.24) is 15.0 Å². The molecule has 2 rings (SSSR count). The van der Waals surface area contributed by atoms with E-state index < -0.39 is 0 Å². The molecule has 0 atom stereocenters. The molecule has 2 aromatic heterocycles. The first kappa shape index (κ1) is 11.8. The van der Waals surface area contributed by atoms with Gasteiger partial charge in [0, 0.05) is 30.4 Å². The monoisotopic (exact) mass is 250 g/mol. The quantitative estimate of drug-likeness (QED) is 0.765. The van der Waals surface area contributed by atoms with Gasteiger partial charge in [0.05, 0.1) is 5.01 Å². The smallest absolute Gasteiger partial charge is 0.252 e. The van der Waals surface area contributed by atoms with Crippen molar-refractivity contribution in [3.05, 3.63) is 39.2 Å². The zero-order valence-corrected chi connectivity index (χ0v) is 10.2. The van der Waals surface area contributed by atoms with Gasteiger partial charge in [-0.2, -0.15) is 0 Å². The number of hydrogen-bond donors (Lipinski definition) is 2. The topological polar surface area (TPSA) is 70.7 Å². The van der Waals surface area contributed by atoms with E-state index in [1.807, 2.05) is 11.6 Å². The molecule has 90 valence electrons. The van der Waals surface area contributed by atoms with Crippen molar-refractivity contribution in [3.8, 4) is 0 Å². The number of hydrogen-bond acceptors (Lipinski definition) is 5. The highest BCUT2D eigenvalue weighted by molar-refractivity contribution is 7.09.